The Balaban J connectivity index is 1.82. The standard InChI is InChI=1S/C17H11NS2/c18-17(15-9-11-5-1-3-7-13(11)19-15)16-10-12-6-2-4-8-14(12)20-16/h1-10,18H. The summed E-state index contributed by atoms with van der Waals surface area (Å²) >= 11 is 3.38. The van der Waals surface area contributed by atoms with E-state index in [4.69, 9.17) is 5.41 Å². The molecule has 0 spiro atoms. The summed E-state index contributed by atoms with van der Waals surface area (Å²) in [5, 5.41) is 10.9. The average Bonchev–Trinajstić information content (AvgIpc) is 3.10. The molecule has 0 fully saturated rings. The van der Waals surface area contributed by atoms with E-state index in [0.29, 0.717) is 5.71 Å². The molecule has 1 N–H and O–H groups in total. The van der Waals surface area contributed by atoms with Gasteiger partial charge >= 0.3 is 0 Å². The molecule has 0 saturated carbocycles. The Morgan fingerprint density at radius 1 is 0.700 bits per heavy atom. The van der Waals surface area contributed by atoms with Gasteiger partial charge in [0.2, 0.25) is 0 Å². The summed E-state index contributed by atoms with van der Waals surface area (Å²) in [6.07, 6.45) is 0. The predicted octanol–water partition coefficient (Wildman–Crippen LogP) is 5.53. The topological polar surface area (TPSA) is 23.9 Å². The van der Waals surface area contributed by atoms with Gasteiger partial charge in [-0.05, 0) is 35.0 Å². The number of benzene rings is 2. The van der Waals surface area contributed by atoms with Gasteiger partial charge in [-0.25, -0.2) is 0 Å². The minimum atomic E-state index is 0.632. The van der Waals surface area contributed by atoms with Crippen molar-refractivity contribution in [3.05, 3.63) is 70.4 Å². The fourth-order valence-electron chi connectivity index (χ4n) is 2.33. The molecule has 0 amide bonds. The fourth-order valence-corrected chi connectivity index (χ4v) is 4.45. The van der Waals surface area contributed by atoms with Crippen LogP contribution >= 0.6 is 22.7 Å². The van der Waals surface area contributed by atoms with Crippen molar-refractivity contribution in [3.63, 3.8) is 0 Å². The number of nitrogens with one attached hydrogen (secondary N) is 1. The van der Waals surface area contributed by atoms with Gasteiger partial charge in [0, 0.05) is 9.40 Å². The largest absolute Gasteiger partial charge is 0.298 e. The van der Waals surface area contributed by atoms with Gasteiger partial charge in [0.15, 0.2) is 0 Å². The van der Waals surface area contributed by atoms with Gasteiger partial charge in [0.25, 0.3) is 0 Å². The van der Waals surface area contributed by atoms with Crippen molar-refractivity contribution in [2.45, 2.75) is 0 Å². The lowest BCUT2D eigenvalue weighted by molar-refractivity contribution is 1.52. The number of hydrogen-bond donors (Lipinski definition) is 1. The second kappa shape index (κ2) is 4.54. The van der Waals surface area contributed by atoms with Gasteiger partial charge in [-0.2, -0.15) is 0 Å². The summed E-state index contributed by atoms with van der Waals surface area (Å²) in [5.74, 6) is 0. The molecule has 0 saturated heterocycles. The van der Waals surface area contributed by atoms with Gasteiger partial charge in [0.05, 0.1) is 15.5 Å². The molecule has 2 heterocycles. The predicted molar refractivity (Wildman–Crippen MR) is 89.6 cm³/mol. The molecule has 2 aromatic heterocycles. The first kappa shape index (κ1) is 11.8. The molecule has 0 bridgehead atoms. The summed E-state index contributed by atoms with van der Waals surface area (Å²) in [6.45, 7) is 0. The molecule has 96 valence electrons. The van der Waals surface area contributed by atoms with Crippen molar-refractivity contribution in [2.75, 3.05) is 0 Å². The normalized spacial score (nSPS) is 11.2. The number of fused-ring (bicyclic) bond motifs is 2. The smallest absolute Gasteiger partial charge is 0.0884 e. The summed E-state index contributed by atoms with van der Waals surface area (Å²) < 4.78 is 2.49. The minimum absolute atomic E-state index is 0.632. The van der Waals surface area contributed by atoms with Crippen LogP contribution in [0.3, 0.4) is 0 Å². The van der Waals surface area contributed by atoms with Crippen molar-refractivity contribution in [3.8, 4) is 0 Å². The van der Waals surface area contributed by atoms with Crippen LogP contribution in [0.5, 0.6) is 0 Å². The second-order valence-electron chi connectivity index (χ2n) is 4.67. The summed E-state index contributed by atoms with van der Waals surface area (Å²) in [7, 11) is 0. The van der Waals surface area contributed by atoms with E-state index in [2.05, 4.69) is 36.4 Å². The monoisotopic (exact) mass is 293 g/mol. The van der Waals surface area contributed by atoms with Crippen LogP contribution in [0.1, 0.15) is 9.75 Å². The molecular formula is C17H11NS2. The number of thiophene rings is 2. The third kappa shape index (κ3) is 1.87. The van der Waals surface area contributed by atoms with Crippen LogP contribution in [0.4, 0.5) is 0 Å². The first-order valence-electron chi connectivity index (χ1n) is 6.38. The van der Waals surface area contributed by atoms with Gasteiger partial charge < -0.3 is 0 Å². The Bertz CT molecular complexity index is 788. The highest BCUT2D eigenvalue weighted by Crippen LogP contribution is 2.31. The zero-order valence-electron chi connectivity index (χ0n) is 10.6. The van der Waals surface area contributed by atoms with Gasteiger partial charge in [-0.3, -0.25) is 5.41 Å². The molecular weight excluding hydrogens is 282 g/mol. The lowest BCUT2D eigenvalue weighted by Gasteiger charge is -1.94. The highest BCUT2D eigenvalue weighted by molar-refractivity contribution is 7.24. The van der Waals surface area contributed by atoms with E-state index in [9.17, 15) is 0 Å². The first-order valence-corrected chi connectivity index (χ1v) is 8.01. The van der Waals surface area contributed by atoms with Gasteiger partial charge in [0.1, 0.15) is 0 Å². The zero-order valence-corrected chi connectivity index (χ0v) is 12.2. The zero-order chi connectivity index (χ0) is 13.5. The fraction of sp³-hybridized carbons (Fsp3) is 0. The van der Waals surface area contributed by atoms with Crippen LogP contribution in [-0.2, 0) is 0 Å². The highest BCUT2D eigenvalue weighted by atomic mass is 32.1. The molecule has 20 heavy (non-hydrogen) atoms. The maximum Gasteiger partial charge on any atom is 0.0884 e. The van der Waals surface area contributed by atoms with Gasteiger partial charge in [-0.15, -0.1) is 22.7 Å². The first-order chi connectivity index (χ1) is 9.81. The van der Waals surface area contributed by atoms with E-state index in [1.165, 1.54) is 20.2 Å². The molecule has 0 aliphatic rings. The van der Waals surface area contributed by atoms with Crippen molar-refractivity contribution in [1.29, 1.82) is 5.41 Å². The summed E-state index contributed by atoms with van der Waals surface area (Å²) in [6, 6.07) is 20.9. The van der Waals surface area contributed by atoms with Crippen LogP contribution in [0.2, 0.25) is 0 Å². The lowest BCUT2D eigenvalue weighted by atomic mass is 10.2. The average molecular weight is 293 g/mol. The molecule has 0 radical (unpaired) electrons. The Labute approximate surface area is 124 Å². The molecule has 4 rings (SSSR count). The van der Waals surface area contributed by atoms with Crippen LogP contribution in [0.15, 0.2) is 60.7 Å². The van der Waals surface area contributed by atoms with Crippen molar-refractivity contribution in [2.24, 2.45) is 0 Å². The molecule has 4 aromatic rings. The van der Waals surface area contributed by atoms with Crippen molar-refractivity contribution < 1.29 is 0 Å². The summed E-state index contributed by atoms with van der Waals surface area (Å²) in [5.41, 5.74) is 0.632. The SMILES string of the molecule is N=C(c1cc2ccccc2s1)c1cc2ccccc2s1. The molecule has 0 atom stereocenters. The maximum atomic E-state index is 8.46. The van der Waals surface area contributed by atoms with Crippen molar-refractivity contribution in [1.82, 2.24) is 0 Å². The molecule has 2 aromatic carbocycles. The quantitative estimate of drug-likeness (QED) is 0.470. The lowest BCUT2D eigenvalue weighted by Crippen LogP contribution is -1.93. The van der Waals surface area contributed by atoms with Crippen LogP contribution in [-0.4, -0.2) is 5.71 Å². The highest BCUT2D eigenvalue weighted by Gasteiger charge is 2.11. The minimum Gasteiger partial charge on any atom is -0.298 e. The second-order valence-corrected chi connectivity index (χ2v) is 6.84. The van der Waals surface area contributed by atoms with Crippen LogP contribution < -0.4 is 0 Å². The molecule has 0 aliphatic carbocycles. The van der Waals surface area contributed by atoms with E-state index >= 15 is 0 Å². The number of hydrogen-bond acceptors (Lipinski definition) is 3. The van der Waals surface area contributed by atoms with E-state index in [1.54, 1.807) is 22.7 Å². The van der Waals surface area contributed by atoms with Crippen LogP contribution in [0, 0.1) is 5.41 Å². The Hall–Kier alpha value is -1.97. The van der Waals surface area contributed by atoms with Crippen LogP contribution in [0.25, 0.3) is 20.2 Å². The Morgan fingerprint density at radius 2 is 1.15 bits per heavy atom. The third-order valence-corrected chi connectivity index (χ3v) is 5.61. The molecule has 0 unspecified atom stereocenters. The van der Waals surface area contributed by atoms with Crippen molar-refractivity contribution >= 4 is 48.6 Å². The Kier molecular flexibility index (Phi) is 2.69. The van der Waals surface area contributed by atoms with E-state index in [0.717, 1.165) is 9.75 Å². The number of rotatable bonds is 2. The molecule has 0 aliphatic heterocycles. The molecule has 1 nitrogen and oxygen atoms in total. The Morgan fingerprint density at radius 3 is 1.60 bits per heavy atom. The third-order valence-electron chi connectivity index (χ3n) is 3.34. The van der Waals surface area contributed by atoms with E-state index < -0.39 is 0 Å². The molecule has 3 heteroatoms. The maximum absolute atomic E-state index is 8.46. The van der Waals surface area contributed by atoms with Gasteiger partial charge in [-0.1, -0.05) is 36.4 Å². The summed E-state index contributed by atoms with van der Waals surface area (Å²) in [4.78, 5) is 2.08. The van der Waals surface area contributed by atoms with E-state index in [-0.39, 0.29) is 0 Å². The van der Waals surface area contributed by atoms with E-state index in [1.807, 2.05) is 24.3 Å².